The van der Waals surface area contributed by atoms with Crippen molar-refractivity contribution in [3.05, 3.63) is 23.8 Å². The zero-order chi connectivity index (χ0) is 14.0. The number of rotatable bonds is 3. The molecule has 6 nitrogen and oxygen atoms in total. The maximum atomic E-state index is 11.8. The summed E-state index contributed by atoms with van der Waals surface area (Å²) in [5.41, 5.74) is 6.18. The first-order valence-electron chi connectivity index (χ1n) is 5.93. The fraction of sp³-hybridized carbons (Fsp3) is 0.385. The van der Waals surface area contributed by atoms with Gasteiger partial charge in [0, 0.05) is 25.7 Å². The lowest BCUT2D eigenvalue weighted by molar-refractivity contribution is -0.132. The average molecular weight is 264 g/mol. The van der Waals surface area contributed by atoms with Crippen LogP contribution in [-0.2, 0) is 9.53 Å². The van der Waals surface area contributed by atoms with E-state index in [0.717, 1.165) is 0 Å². The summed E-state index contributed by atoms with van der Waals surface area (Å²) in [5.74, 6) is -0.398. The van der Waals surface area contributed by atoms with Crippen molar-refractivity contribution >= 4 is 17.6 Å². The second kappa shape index (κ2) is 5.17. The van der Waals surface area contributed by atoms with Gasteiger partial charge >= 0.3 is 5.97 Å². The Morgan fingerprint density at radius 1 is 1.47 bits per heavy atom. The van der Waals surface area contributed by atoms with E-state index in [1.165, 1.54) is 7.11 Å². The van der Waals surface area contributed by atoms with E-state index in [2.05, 4.69) is 4.74 Å². The molecule has 1 fully saturated rings. The van der Waals surface area contributed by atoms with Crippen LogP contribution in [0.2, 0.25) is 0 Å². The number of anilines is 1. The molecule has 0 spiro atoms. The molecule has 19 heavy (non-hydrogen) atoms. The molecule has 1 unspecified atom stereocenters. The molecule has 1 saturated heterocycles. The Labute approximate surface area is 111 Å². The number of carbonyl (C=O) groups is 2. The van der Waals surface area contributed by atoms with Gasteiger partial charge in [-0.05, 0) is 12.1 Å². The van der Waals surface area contributed by atoms with Gasteiger partial charge in [0.25, 0.3) is 5.91 Å². The minimum absolute atomic E-state index is 0.0989. The van der Waals surface area contributed by atoms with Gasteiger partial charge in [-0.25, -0.2) is 4.79 Å². The molecular weight excluding hydrogens is 248 g/mol. The summed E-state index contributed by atoms with van der Waals surface area (Å²) in [7, 11) is 2.99. The van der Waals surface area contributed by atoms with Crippen LogP contribution in [0.5, 0.6) is 5.75 Å². The van der Waals surface area contributed by atoms with Crippen molar-refractivity contribution in [2.75, 3.05) is 26.4 Å². The molecule has 1 aliphatic heterocycles. The van der Waals surface area contributed by atoms with Gasteiger partial charge in [0.1, 0.15) is 11.3 Å². The fourth-order valence-electron chi connectivity index (χ4n) is 2.02. The molecule has 1 heterocycles. The second-order valence-corrected chi connectivity index (χ2v) is 4.37. The number of nitrogen functional groups attached to an aromatic ring is 1. The number of likely N-dealkylation sites (tertiary alicyclic amines) is 1. The fourth-order valence-corrected chi connectivity index (χ4v) is 2.02. The van der Waals surface area contributed by atoms with Crippen LogP contribution in [0, 0.1) is 0 Å². The molecule has 2 N–H and O–H groups in total. The smallest absolute Gasteiger partial charge is 0.343 e. The zero-order valence-corrected chi connectivity index (χ0v) is 10.9. The third-order valence-electron chi connectivity index (χ3n) is 3.10. The number of amides is 1. The molecule has 1 amide bonds. The molecule has 0 aromatic heterocycles. The summed E-state index contributed by atoms with van der Waals surface area (Å²) < 4.78 is 10.3. The topological polar surface area (TPSA) is 81.9 Å². The second-order valence-electron chi connectivity index (χ2n) is 4.37. The van der Waals surface area contributed by atoms with E-state index in [4.69, 9.17) is 10.5 Å². The Morgan fingerprint density at radius 3 is 2.79 bits per heavy atom. The first kappa shape index (κ1) is 13.2. The van der Waals surface area contributed by atoms with Crippen molar-refractivity contribution in [1.82, 2.24) is 4.90 Å². The quantitative estimate of drug-likeness (QED) is 0.640. The minimum Gasteiger partial charge on any atom is -0.480 e. The maximum absolute atomic E-state index is 11.8. The predicted octanol–water partition coefficient (Wildman–Crippen LogP) is 0.665. The number of nitrogens with zero attached hydrogens (tertiary/aromatic N) is 1. The summed E-state index contributed by atoms with van der Waals surface area (Å²) in [6, 6.07) is 4.86. The lowest BCUT2D eigenvalue weighted by Crippen LogP contribution is -2.30. The van der Waals surface area contributed by atoms with Gasteiger partial charge in [-0.15, -0.1) is 0 Å². The molecule has 1 atom stereocenters. The van der Waals surface area contributed by atoms with Crippen LogP contribution in [0.25, 0.3) is 0 Å². The van der Waals surface area contributed by atoms with Crippen molar-refractivity contribution < 1.29 is 19.1 Å². The number of methoxy groups -OCH3 is 1. The van der Waals surface area contributed by atoms with E-state index in [0.29, 0.717) is 13.0 Å². The number of hydrogen-bond donors (Lipinski definition) is 1. The molecule has 0 saturated carbocycles. The lowest BCUT2D eigenvalue weighted by atomic mass is 10.1. The molecule has 1 aromatic rings. The minimum atomic E-state index is -0.577. The molecule has 0 radical (unpaired) electrons. The molecule has 102 valence electrons. The summed E-state index contributed by atoms with van der Waals surface area (Å²) in [6.45, 7) is 0.638. The first-order chi connectivity index (χ1) is 9.04. The monoisotopic (exact) mass is 264 g/mol. The van der Waals surface area contributed by atoms with Crippen LogP contribution in [0.3, 0.4) is 0 Å². The average Bonchev–Trinajstić information content (AvgIpc) is 2.70. The lowest BCUT2D eigenvalue weighted by Gasteiger charge is -2.16. The number of esters is 1. The van der Waals surface area contributed by atoms with Gasteiger partial charge in [-0.3, -0.25) is 4.79 Å². The van der Waals surface area contributed by atoms with Crippen LogP contribution in [0.4, 0.5) is 5.69 Å². The van der Waals surface area contributed by atoms with Crippen LogP contribution in [0.1, 0.15) is 16.8 Å². The highest BCUT2D eigenvalue weighted by Crippen LogP contribution is 2.28. The number of ether oxygens (including phenoxy) is 2. The number of benzene rings is 1. The van der Waals surface area contributed by atoms with Crippen molar-refractivity contribution in [2.45, 2.75) is 12.5 Å². The highest BCUT2D eigenvalue weighted by atomic mass is 16.5. The SMILES string of the molecule is COC(=O)c1c(N)cccc1OC1CCN(C)C1=O. The van der Waals surface area contributed by atoms with Crippen molar-refractivity contribution in [2.24, 2.45) is 0 Å². The summed E-state index contributed by atoms with van der Waals surface area (Å²) in [5, 5.41) is 0. The Bertz CT molecular complexity index is 515. The largest absolute Gasteiger partial charge is 0.480 e. The summed E-state index contributed by atoms with van der Waals surface area (Å²) >= 11 is 0. The molecular formula is C13H16N2O4. The van der Waals surface area contributed by atoms with Crippen molar-refractivity contribution in [1.29, 1.82) is 0 Å². The molecule has 0 aliphatic carbocycles. The van der Waals surface area contributed by atoms with E-state index in [1.807, 2.05) is 0 Å². The normalized spacial score (nSPS) is 18.5. The summed E-state index contributed by atoms with van der Waals surface area (Å²) in [6.07, 6.45) is 0.0142. The Kier molecular flexibility index (Phi) is 3.59. The van der Waals surface area contributed by atoms with E-state index in [-0.39, 0.29) is 22.9 Å². The van der Waals surface area contributed by atoms with Crippen molar-refractivity contribution in [3.63, 3.8) is 0 Å². The van der Waals surface area contributed by atoms with E-state index in [9.17, 15) is 9.59 Å². The highest BCUT2D eigenvalue weighted by Gasteiger charge is 2.32. The molecule has 6 heteroatoms. The van der Waals surface area contributed by atoms with Gasteiger partial charge in [0.05, 0.1) is 7.11 Å². The first-order valence-corrected chi connectivity index (χ1v) is 5.93. The van der Waals surface area contributed by atoms with Gasteiger partial charge in [0.2, 0.25) is 0 Å². The van der Waals surface area contributed by atoms with Gasteiger partial charge < -0.3 is 20.1 Å². The standard InChI is InChI=1S/C13H16N2O4/c1-15-7-6-10(12(15)16)19-9-5-3-4-8(14)11(9)13(17)18-2/h3-5,10H,6-7,14H2,1-2H3. The molecule has 1 aliphatic rings. The van der Waals surface area contributed by atoms with Crippen LogP contribution in [-0.4, -0.2) is 43.6 Å². The van der Waals surface area contributed by atoms with Crippen molar-refractivity contribution in [3.8, 4) is 5.75 Å². The number of nitrogens with two attached hydrogens (primary N) is 1. The third-order valence-corrected chi connectivity index (χ3v) is 3.10. The van der Waals surface area contributed by atoms with Gasteiger partial charge in [0.15, 0.2) is 6.10 Å². The number of likely N-dealkylation sites (N-methyl/N-ethyl adjacent to an activating group) is 1. The van der Waals surface area contributed by atoms with Crippen LogP contribution < -0.4 is 10.5 Å². The maximum Gasteiger partial charge on any atom is 0.343 e. The zero-order valence-electron chi connectivity index (χ0n) is 10.9. The number of carbonyl (C=O) groups excluding carboxylic acids is 2. The Balaban J connectivity index is 2.28. The molecule has 0 bridgehead atoms. The van der Waals surface area contributed by atoms with E-state index >= 15 is 0 Å². The predicted molar refractivity (Wildman–Crippen MR) is 68.9 cm³/mol. The van der Waals surface area contributed by atoms with E-state index < -0.39 is 12.1 Å². The summed E-state index contributed by atoms with van der Waals surface area (Å²) in [4.78, 5) is 25.1. The Morgan fingerprint density at radius 2 is 2.21 bits per heavy atom. The Hall–Kier alpha value is -2.24. The third kappa shape index (κ3) is 2.47. The van der Waals surface area contributed by atoms with E-state index in [1.54, 1.807) is 30.1 Å². The van der Waals surface area contributed by atoms with Crippen LogP contribution >= 0.6 is 0 Å². The molecule has 2 rings (SSSR count). The molecule has 1 aromatic carbocycles. The van der Waals surface area contributed by atoms with Crippen LogP contribution in [0.15, 0.2) is 18.2 Å². The van der Waals surface area contributed by atoms with Gasteiger partial charge in [-0.1, -0.05) is 6.07 Å². The number of hydrogen-bond acceptors (Lipinski definition) is 5. The van der Waals surface area contributed by atoms with Gasteiger partial charge in [-0.2, -0.15) is 0 Å². The highest BCUT2D eigenvalue weighted by molar-refractivity contribution is 5.98.